The first kappa shape index (κ1) is 13.8. The van der Waals surface area contributed by atoms with Crippen LogP contribution in [0.5, 0.6) is 5.88 Å². The molecule has 0 fully saturated rings. The Hall–Kier alpha value is -2.67. The molecule has 7 nitrogen and oxygen atoms in total. The van der Waals surface area contributed by atoms with Crippen molar-refractivity contribution in [3.05, 3.63) is 57.9 Å². The van der Waals surface area contributed by atoms with Gasteiger partial charge in [0, 0.05) is 17.7 Å². The normalized spacial score (nSPS) is 10.1. The van der Waals surface area contributed by atoms with Gasteiger partial charge in [0.05, 0.1) is 13.7 Å². The van der Waals surface area contributed by atoms with Crippen LogP contribution in [0.4, 0.5) is 0 Å². The monoisotopic (exact) mass is 274 g/mol. The number of carbonyl (C=O) groups is 1. The van der Waals surface area contributed by atoms with Crippen molar-refractivity contribution in [1.29, 1.82) is 0 Å². The number of amides is 1. The zero-order valence-corrected chi connectivity index (χ0v) is 10.9. The van der Waals surface area contributed by atoms with Crippen LogP contribution in [0.2, 0.25) is 0 Å². The summed E-state index contributed by atoms with van der Waals surface area (Å²) in [5.41, 5.74) is 3.11. The molecule has 0 aliphatic heterocycles. The van der Waals surface area contributed by atoms with E-state index in [2.05, 4.69) is 10.5 Å². The van der Waals surface area contributed by atoms with E-state index in [0.717, 1.165) is 5.56 Å². The lowest BCUT2D eigenvalue weighted by molar-refractivity contribution is 0.0953. The largest absolute Gasteiger partial charge is 0.480 e. The summed E-state index contributed by atoms with van der Waals surface area (Å²) in [5.74, 6) is 5.05. The summed E-state index contributed by atoms with van der Waals surface area (Å²) < 4.78 is 6.26. The van der Waals surface area contributed by atoms with Crippen molar-refractivity contribution in [3.63, 3.8) is 0 Å². The van der Waals surface area contributed by atoms with Crippen molar-refractivity contribution in [3.8, 4) is 5.88 Å². The highest BCUT2D eigenvalue weighted by Crippen LogP contribution is 2.06. The highest BCUT2D eigenvalue weighted by atomic mass is 16.5. The lowest BCUT2D eigenvalue weighted by Crippen LogP contribution is -2.29. The van der Waals surface area contributed by atoms with Crippen molar-refractivity contribution < 1.29 is 9.53 Å². The summed E-state index contributed by atoms with van der Waals surface area (Å²) in [7, 11) is 1.48. The second-order valence-corrected chi connectivity index (χ2v) is 4.04. The van der Waals surface area contributed by atoms with Gasteiger partial charge in [-0.1, -0.05) is 12.1 Å². The quantitative estimate of drug-likeness (QED) is 0.461. The number of rotatable bonds is 4. The second kappa shape index (κ2) is 5.98. The molecule has 20 heavy (non-hydrogen) atoms. The van der Waals surface area contributed by atoms with E-state index in [0.29, 0.717) is 18.0 Å². The predicted molar refractivity (Wildman–Crippen MR) is 72.2 cm³/mol. The number of hydrogen-bond donors (Lipinski definition) is 2. The molecule has 0 saturated heterocycles. The second-order valence-electron chi connectivity index (χ2n) is 4.04. The number of methoxy groups -OCH3 is 1. The third-order valence-electron chi connectivity index (χ3n) is 2.73. The Bertz CT molecular complexity index is 664. The van der Waals surface area contributed by atoms with Gasteiger partial charge in [-0.3, -0.25) is 15.0 Å². The minimum Gasteiger partial charge on any atom is -0.480 e. The van der Waals surface area contributed by atoms with Gasteiger partial charge < -0.3 is 4.74 Å². The van der Waals surface area contributed by atoms with Crippen LogP contribution in [0.1, 0.15) is 15.9 Å². The van der Waals surface area contributed by atoms with E-state index in [1.165, 1.54) is 23.9 Å². The van der Waals surface area contributed by atoms with Gasteiger partial charge in [0.15, 0.2) is 0 Å². The van der Waals surface area contributed by atoms with E-state index in [1.807, 2.05) is 0 Å². The van der Waals surface area contributed by atoms with E-state index in [1.54, 1.807) is 24.3 Å². The van der Waals surface area contributed by atoms with Crippen molar-refractivity contribution in [1.82, 2.24) is 15.2 Å². The molecular formula is C13H14N4O3. The fraction of sp³-hybridized carbons (Fsp3) is 0.154. The summed E-state index contributed by atoms with van der Waals surface area (Å²) >= 11 is 0. The van der Waals surface area contributed by atoms with Crippen LogP contribution in [0.15, 0.2) is 41.2 Å². The first-order chi connectivity index (χ1) is 9.63. The molecule has 7 heteroatoms. The highest BCUT2D eigenvalue weighted by Gasteiger charge is 2.05. The first-order valence-electron chi connectivity index (χ1n) is 5.86. The van der Waals surface area contributed by atoms with Crippen LogP contribution in [0.25, 0.3) is 0 Å². The van der Waals surface area contributed by atoms with Gasteiger partial charge in [0.25, 0.3) is 11.5 Å². The Balaban J connectivity index is 2.22. The fourth-order valence-electron chi connectivity index (χ4n) is 1.67. The van der Waals surface area contributed by atoms with Crippen LogP contribution in [-0.2, 0) is 6.54 Å². The van der Waals surface area contributed by atoms with Crippen LogP contribution >= 0.6 is 0 Å². The third-order valence-corrected chi connectivity index (χ3v) is 2.73. The summed E-state index contributed by atoms with van der Waals surface area (Å²) in [6, 6.07) is 9.62. The Labute approximate surface area is 114 Å². The summed E-state index contributed by atoms with van der Waals surface area (Å²) in [6.45, 7) is 0.292. The molecule has 1 aromatic carbocycles. The number of nitrogens with two attached hydrogens (primary N) is 1. The molecule has 0 atom stereocenters. The molecule has 0 bridgehead atoms. The molecule has 0 aliphatic rings. The number of nitrogen functional groups attached to an aromatic ring is 1. The van der Waals surface area contributed by atoms with Crippen molar-refractivity contribution in [2.75, 3.05) is 7.11 Å². The van der Waals surface area contributed by atoms with E-state index in [9.17, 15) is 9.59 Å². The average molecular weight is 274 g/mol. The minimum atomic E-state index is -0.367. The number of nitrogens with zero attached hydrogens (tertiary/aromatic N) is 2. The van der Waals surface area contributed by atoms with Crippen LogP contribution in [-0.4, -0.2) is 22.8 Å². The maximum Gasteiger partial charge on any atom is 0.267 e. The number of benzene rings is 1. The summed E-state index contributed by atoms with van der Waals surface area (Å²) in [5, 5.41) is 4.04. The SMILES string of the molecule is COc1ccc(=O)n(Cc2ccc(C(=O)NN)cc2)n1. The smallest absolute Gasteiger partial charge is 0.267 e. The fourth-order valence-corrected chi connectivity index (χ4v) is 1.67. The molecule has 0 spiro atoms. The summed E-state index contributed by atoms with van der Waals surface area (Å²) in [4.78, 5) is 23.0. The van der Waals surface area contributed by atoms with Gasteiger partial charge in [-0.25, -0.2) is 10.5 Å². The zero-order valence-electron chi connectivity index (χ0n) is 10.9. The lowest BCUT2D eigenvalue weighted by Gasteiger charge is -2.07. The van der Waals surface area contributed by atoms with Gasteiger partial charge in [-0.15, -0.1) is 5.10 Å². The number of hydrazine groups is 1. The molecule has 2 rings (SSSR count). The number of hydrogen-bond acceptors (Lipinski definition) is 5. The van der Waals surface area contributed by atoms with Gasteiger partial charge in [-0.05, 0) is 17.7 Å². The van der Waals surface area contributed by atoms with Crippen molar-refractivity contribution in [2.24, 2.45) is 5.84 Å². The Kier molecular flexibility index (Phi) is 4.11. The van der Waals surface area contributed by atoms with E-state index >= 15 is 0 Å². The average Bonchev–Trinajstić information content (AvgIpc) is 2.49. The molecule has 104 valence electrons. The molecule has 1 amide bonds. The molecule has 3 N–H and O–H groups in total. The summed E-state index contributed by atoms with van der Waals surface area (Å²) in [6.07, 6.45) is 0. The number of ether oxygens (including phenoxy) is 1. The standard InChI is InChI=1S/C13H14N4O3/c1-20-11-6-7-12(18)17(16-11)8-9-2-4-10(5-3-9)13(19)15-14/h2-7H,8,14H2,1H3,(H,15,19). The zero-order chi connectivity index (χ0) is 14.5. The molecule has 1 aromatic heterocycles. The molecule has 0 aliphatic carbocycles. The molecule has 0 radical (unpaired) electrons. The Morgan fingerprint density at radius 3 is 2.60 bits per heavy atom. The maximum absolute atomic E-state index is 11.7. The number of aromatic nitrogens is 2. The van der Waals surface area contributed by atoms with Crippen LogP contribution < -0.4 is 21.6 Å². The molecule has 2 aromatic rings. The molecule has 0 saturated carbocycles. The van der Waals surface area contributed by atoms with E-state index < -0.39 is 0 Å². The van der Waals surface area contributed by atoms with Gasteiger partial charge in [-0.2, -0.15) is 0 Å². The van der Waals surface area contributed by atoms with E-state index in [-0.39, 0.29) is 11.5 Å². The van der Waals surface area contributed by atoms with Gasteiger partial charge in [0.2, 0.25) is 5.88 Å². The predicted octanol–water partition coefficient (Wildman–Crippen LogP) is -0.0963. The minimum absolute atomic E-state index is 0.227. The van der Waals surface area contributed by atoms with Crippen molar-refractivity contribution in [2.45, 2.75) is 6.54 Å². The van der Waals surface area contributed by atoms with Crippen LogP contribution in [0, 0.1) is 0 Å². The molecule has 1 heterocycles. The first-order valence-corrected chi connectivity index (χ1v) is 5.86. The topological polar surface area (TPSA) is 99.2 Å². The molecule has 0 unspecified atom stereocenters. The highest BCUT2D eigenvalue weighted by molar-refractivity contribution is 5.93. The Morgan fingerprint density at radius 2 is 2.00 bits per heavy atom. The number of carbonyl (C=O) groups excluding carboxylic acids is 1. The maximum atomic E-state index is 11.7. The van der Waals surface area contributed by atoms with Gasteiger partial charge in [0.1, 0.15) is 0 Å². The molecular weight excluding hydrogens is 260 g/mol. The van der Waals surface area contributed by atoms with Gasteiger partial charge >= 0.3 is 0 Å². The van der Waals surface area contributed by atoms with Crippen molar-refractivity contribution >= 4 is 5.91 Å². The van der Waals surface area contributed by atoms with Crippen LogP contribution in [0.3, 0.4) is 0 Å². The third kappa shape index (κ3) is 3.01. The Morgan fingerprint density at radius 1 is 1.30 bits per heavy atom. The van der Waals surface area contributed by atoms with E-state index in [4.69, 9.17) is 10.6 Å². The number of nitrogens with one attached hydrogen (secondary N) is 1. The lowest BCUT2D eigenvalue weighted by atomic mass is 10.1.